The van der Waals surface area contributed by atoms with Gasteiger partial charge in [0.25, 0.3) is 0 Å². The smallest absolute Gasteiger partial charge is 0.139 e. The monoisotopic (exact) mass is 1700 g/mol. The van der Waals surface area contributed by atoms with E-state index in [-0.39, 0.29) is 0 Å². The molecule has 0 spiro atoms. The van der Waals surface area contributed by atoms with Gasteiger partial charge < -0.3 is 8.83 Å². The van der Waals surface area contributed by atoms with Crippen LogP contribution in [0.1, 0.15) is 0 Å². The molecule has 0 aliphatic heterocycles. The van der Waals surface area contributed by atoms with Gasteiger partial charge in [-0.3, -0.25) is 0 Å². The summed E-state index contributed by atoms with van der Waals surface area (Å²) in [4.78, 5) is 0. The Morgan fingerprint density at radius 1 is 0.0896 bits per heavy atom. The standard InChI is InChI=1S/C50H32.C42H26O2.C40H26/c1-3-11-39-29-41(27-21-33(39)9-1)35-17-23-37(24-18-35)47-31-49-46-16-8-6-14-44(46)48(32-50(49)45-15-7-5-13-43(45)47)38-25-19-36(20-26-38)42-28-22-34-10-2-4-12-40(34)30-42;1-3-9-27(10-4-1)29-13-7-15-31(21-29)33-17-19-39-35(23-33)37-25-38-36-24-34(18-20-40(36)44-42(38)26-41(37)43-39)32-16-8-14-30(22-32)28-11-5-2-6-12-28;1-2-9-28-22-31(17-16-27(28)8-1)33-21-20-32-23-30(18-19-34(32)24-33)29-11-7-12-35(25-29)40-26-36-10-3-4-13-37(36)38-14-5-6-15-39(38)40/h1-32H;1-26H;1-26H. The second-order valence-corrected chi connectivity index (χ2v) is 35.3. The summed E-state index contributed by atoms with van der Waals surface area (Å²) in [5.41, 5.74) is 30.3. The Balaban J connectivity index is 0.000000108. The highest BCUT2D eigenvalue weighted by Crippen LogP contribution is 2.47. The Morgan fingerprint density at radius 3 is 0.731 bits per heavy atom. The molecule has 0 atom stereocenters. The van der Waals surface area contributed by atoms with Crippen LogP contribution < -0.4 is 0 Å². The molecule has 27 aromatic rings. The van der Waals surface area contributed by atoms with Gasteiger partial charge in [-0.2, -0.15) is 0 Å². The first kappa shape index (κ1) is 78.7. The van der Waals surface area contributed by atoms with Gasteiger partial charge in [0, 0.05) is 27.6 Å². The maximum atomic E-state index is 6.33. The lowest BCUT2D eigenvalue weighted by Gasteiger charge is -2.16. The average molecular weight is 1700 g/mol. The van der Waals surface area contributed by atoms with Gasteiger partial charge >= 0.3 is 0 Å². The summed E-state index contributed by atoms with van der Waals surface area (Å²) in [5, 5.41) is 27.3. The number of benzene rings is 25. The molecule has 0 fully saturated rings. The molecule has 0 radical (unpaired) electrons. The molecule has 2 nitrogen and oxygen atoms in total. The zero-order valence-electron chi connectivity index (χ0n) is 73.3. The highest BCUT2D eigenvalue weighted by Gasteiger charge is 2.21. The minimum Gasteiger partial charge on any atom is -0.456 e. The Bertz CT molecular complexity index is 8920. The van der Waals surface area contributed by atoms with Gasteiger partial charge in [-0.05, 0) is 316 Å². The third-order valence-electron chi connectivity index (χ3n) is 27.3. The molecule has 0 unspecified atom stereocenters. The van der Waals surface area contributed by atoms with Crippen LogP contribution >= 0.6 is 0 Å². The highest BCUT2D eigenvalue weighted by atomic mass is 16.3. The van der Waals surface area contributed by atoms with Gasteiger partial charge in [-0.15, -0.1) is 0 Å². The molecule has 0 aliphatic carbocycles. The first-order valence-corrected chi connectivity index (χ1v) is 46.1. The Labute approximate surface area is 776 Å². The Hall–Kier alpha value is -17.6. The molecule has 0 N–H and O–H groups in total. The predicted octanol–water partition coefficient (Wildman–Crippen LogP) is 37.6. The van der Waals surface area contributed by atoms with E-state index in [1.165, 1.54) is 208 Å². The van der Waals surface area contributed by atoms with E-state index < -0.39 is 0 Å². The lowest BCUT2D eigenvalue weighted by Crippen LogP contribution is -1.89. The van der Waals surface area contributed by atoms with Crippen LogP contribution in [0.2, 0.25) is 0 Å². The van der Waals surface area contributed by atoms with Crippen molar-refractivity contribution in [2.75, 3.05) is 0 Å². The number of hydrogen-bond acceptors (Lipinski definition) is 2. The minimum absolute atomic E-state index is 0.831. The predicted molar refractivity (Wildman–Crippen MR) is 571 cm³/mol. The maximum absolute atomic E-state index is 6.33. The summed E-state index contributed by atoms with van der Waals surface area (Å²) < 4.78 is 12.7. The van der Waals surface area contributed by atoms with Gasteiger partial charge in [-0.25, -0.2) is 0 Å². The van der Waals surface area contributed by atoms with E-state index in [1.54, 1.807) is 0 Å². The van der Waals surface area contributed by atoms with Crippen molar-refractivity contribution in [3.05, 3.63) is 510 Å². The summed E-state index contributed by atoms with van der Waals surface area (Å²) in [5.74, 6) is 0. The van der Waals surface area contributed by atoms with Crippen LogP contribution in [0, 0.1) is 0 Å². The normalized spacial score (nSPS) is 11.6. The summed E-state index contributed by atoms with van der Waals surface area (Å²) in [6.45, 7) is 0. The van der Waals surface area contributed by atoms with Crippen molar-refractivity contribution in [1.82, 2.24) is 0 Å². The van der Waals surface area contributed by atoms with E-state index in [0.717, 1.165) is 55.0 Å². The molecule has 2 heteroatoms. The molecule has 0 saturated heterocycles. The van der Waals surface area contributed by atoms with Crippen LogP contribution in [0.3, 0.4) is 0 Å². The molecule has 0 aliphatic rings. The van der Waals surface area contributed by atoms with E-state index in [9.17, 15) is 0 Å². The fourth-order valence-corrected chi connectivity index (χ4v) is 20.4. The van der Waals surface area contributed by atoms with Gasteiger partial charge in [-0.1, -0.05) is 406 Å². The molecule has 134 heavy (non-hydrogen) atoms. The van der Waals surface area contributed by atoms with Crippen LogP contribution in [0.25, 0.3) is 263 Å². The third-order valence-corrected chi connectivity index (χ3v) is 27.3. The number of furan rings is 2. The lowest BCUT2D eigenvalue weighted by molar-refractivity contribution is 0.656. The summed E-state index contributed by atoms with van der Waals surface area (Å²) in [7, 11) is 0. The highest BCUT2D eigenvalue weighted by molar-refractivity contribution is 6.24. The number of fused-ring (bicyclic) bond motifs is 18. The van der Waals surface area contributed by atoms with Crippen LogP contribution in [0.15, 0.2) is 518 Å². The fraction of sp³-hybridized carbons (Fsp3) is 0. The molecule has 0 saturated carbocycles. The van der Waals surface area contributed by atoms with E-state index in [2.05, 4.69) is 504 Å². The van der Waals surface area contributed by atoms with Crippen LogP contribution in [0.4, 0.5) is 0 Å². The van der Waals surface area contributed by atoms with Gasteiger partial charge in [0.05, 0.1) is 0 Å². The first-order chi connectivity index (χ1) is 66.3. The average Bonchev–Trinajstić information content (AvgIpc) is 1.13. The summed E-state index contributed by atoms with van der Waals surface area (Å²) in [6.07, 6.45) is 0. The largest absolute Gasteiger partial charge is 0.456 e. The van der Waals surface area contributed by atoms with Crippen molar-refractivity contribution in [3.8, 4) is 122 Å². The third kappa shape index (κ3) is 14.7. The van der Waals surface area contributed by atoms with Crippen LogP contribution in [-0.4, -0.2) is 0 Å². The van der Waals surface area contributed by atoms with Crippen molar-refractivity contribution in [3.63, 3.8) is 0 Å². The van der Waals surface area contributed by atoms with Gasteiger partial charge in [0.2, 0.25) is 0 Å². The van der Waals surface area contributed by atoms with E-state index in [1.807, 2.05) is 6.07 Å². The molecular formula is C132H84O2. The maximum Gasteiger partial charge on any atom is 0.139 e. The summed E-state index contributed by atoms with van der Waals surface area (Å²) in [6, 6.07) is 185. The molecular weight excluding hydrogens is 1620 g/mol. The Kier molecular flexibility index (Phi) is 19.7. The van der Waals surface area contributed by atoms with Gasteiger partial charge in [0.1, 0.15) is 22.3 Å². The molecule has 624 valence electrons. The lowest BCUT2D eigenvalue weighted by atomic mass is 9.87. The van der Waals surface area contributed by atoms with Crippen LogP contribution in [-0.2, 0) is 0 Å². The number of hydrogen-bond donors (Lipinski definition) is 0. The molecule has 25 aromatic carbocycles. The number of rotatable bonds is 11. The topological polar surface area (TPSA) is 26.3 Å². The minimum atomic E-state index is 0.831. The SMILES string of the molecule is c1cc(-c2ccc3cc(-c4ccc5ccccc5c4)ccc3c2)cc(-c2cc3ccccc3c3ccccc23)c1.c1ccc(-c2cccc(-c3ccc4oc5cc6oc7ccc(-c8cccc(-c9ccccc9)c8)cc7c6cc5c4c3)c2)cc1.c1ccc2cc(-c3ccc(-c4cc5c6ccccc6c(-c6ccc(-c7ccc8ccccc8c7)cc6)cc5c5ccccc45)cc3)ccc2c1. The second kappa shape index (κ2) is 33.5. The van der Waals surface area contributed by atoms with E-state index >= 15 is 0 Å². The molecule has 2 heterocycles. The summed E-state index contributed by atoms with van der Waals surface area (Å²) >= 11 is 0. The van der Waals surface area contributed by atoms with Crippen molar-refractivity contribution < 1.29 is 8.83 Å². The van der Waals surface area contributed by atoms with E-state index in [4.69, 9.17) is 8.83 Å². The van der Waals surface area contributed by atoms with Crippen molar-refractivity contribution in [2.45, 2.75) is 0 Å². The van der Waals surface area contributed by atoms with Crippen molar-refractivity contribution in [2.24, 2.45) is 0 Å². The Morgan fingerprint density at radius 2 is 0.328 bits per heavy atom. The van der Waals surface area contributed by atoms with Crippen molar-refractivity contribution >= 4 is 141 Å². The van der Waals surface area contributed by atoms with Crippen molar-refractivity contribution in [1.29, 1.82) is 0 Å². The molecule has 27 rings (SSSR count). The first-order valence-electron chi connectivity index (χ1n) is 46.1. The second-order valence-electron chi connectivity index (χ2n) is 35.3. The molecule has 0 bridgehead atoms. The van der Waals surface area contributed by atoms with Crippen LogP contribution in [0.5, 0.6) is 0 Å². The quantitative estimate of drug-likeness (QED) is 0.121. The zero-order valence-corrected chi connectivity index (χ0v) is 73.3. The van der Waals surface area contributed by atoms with E-state index in [0.29, 0.717) is 0 Å². The van der Waals surface area contributed by atoms with Gasteiger partial charge in [0.15, 0.2) is 0 Å². The molecule has 0 amide bonds. The zero-order chi connectivity index (χ0) is 88.5. The fourth-order valence-electron chi connectivity index (χ4n) is 20.4. The molecule has 2 aromatic heterocycles.